The van der Waals surface area contributed by atoms with Gasteiger partial charge in [-0.05, 0) is 25.3 Å². The number of hydrogen-bond donors (Lipinski definition) is 1. The van der Waals surface area contributed by atoms with E-state index in [9.17, 15) is 4.21 Å². The van der Waals surface area contributed by atoms with Gasteiger partial charge in [-0.25, -0.2) is 0 Å². The molecule has 0 amide bonds. The average molecular weight is 217 g/mol. The molecule has 0 bridgehead atoms. The first-order valence-electron chi connectivity index (χ1n) is 5.86. The molecule has 1 rings (SSSR count). The van der Waals surface area contributed by atoms with E-state index in [1.807, 2.05) is 6.92 Å². The second kappa shape index (κ2) is 6.57. The lowest BCUT2D eigenvalue weighted by Gasteiger charge is -2.23. The molecule has 14 heavy (non-hydrogen) atoms. The summed E-state index contributed by atoms with van der Waals surface area (Å²) in [6.07, 6.45) is 5.40. The quantitative estimate of drug-likeness (QED) is 0.736. The first-order valence-corrected chi connectivity index (χ1v) is 7.35. The Labute approximate surface area is 90.3 Å². The number of nitrogens with one attached hydrogen (secondary N) is 1. The fourth-order valence-corrected chi connectivity index (χ4v) is 3.33. The molecule has 0 aliphatic heterocycles. The second-order valence-corrected chi connectivity index (χ2v) is 5.89. The molecule has 1 aliphatic carbocycles. The molecule has 0 spiro atoms. The van der Waals surface area contributed by atoms with Crippen molar-refractivity contribution in [1.82, 2.24) is 5.32 Å². The van der Waals surface area contributed by atoms with Crippen molar-refractivity contribution in [2.45, 2.75) is 45.6 Å². The van der Waals surface area contributed by atoms with Crippen molar-refractivity contribution in [2.24, 2.45) is 5.92 Å². The minimum Gasteiger partial charge on any atom is -0.313 e. The molecule has 2 nitrogen and oxygen atoms in total. The lowest BCUT2D eigenvalue weighted by molar-refractivity contribution is 0.392. The zero-order valence-electron chi connectivity index (χ0n) is 9.42. The topological polar surface area (TPSA) is 29.1 Å². The summed E-state index contributed by atoms with van der Waals surface area (Å²) in [5.41, 5.74) is 0. The maximum absolute atomic E-state index is 11.5. The van der Waals surface area contributed by atoms with E-state index >= 15 is 0 Å². The van der Waals surface area contributed by atoms with Gasteiger partial charge in [0, 0.05) is 28.3 Å². The number of rotatable bonds is 6. The monoisotopic (exact) mass is 217 g/mol. The van der Waals surface area contributed by atoms with Crippen LogP contribution in [-0.2, 0) is 10.8 Å². The third kappa shape index (κ3) is 3.70. The van der Waals surface area contributed by atoms with Crippen LogP contribution in [-0.4, -0.2) is 28.3 Å². The Morgan fingerprint density at radius 3 is 2.50 bits per heavy atom. The molecule has 1 N–H and O–H groups in total. The van der Waals surface area contributed by atoms with E-state index in [1.165, 1.54) is 25.7 Å². The molecule has 1 fully saturated rings. The molecule has 0 aromatic carbocycles. The first kappa shape index (κ1) is 12.2. The minimum atomic E-state index is -0.617. The summed E-state index contributed by atoms with van der Waals surface area (Å²) in [6.45, 7) is 5.15. The molecule has 0 aromatic rings. The predicted molar refractivity (Wildman–Crippen MR) is 63.0 cm³/mol. The zero-order chi connectivity index (χ0) is 10.4. The van der Waals surface area contributed by atoms with Gasteiger partial charge in [0.25, 0.3) is 0 Å². The van der Waals surface area contributed by atoms with Crippen molar-refractivity contribution < 1.29 is 4.21 Å². The van der Waals surface area contributed by atoms with Crippen LogP contribution in [0.4, 0.5) is 0 Å². The van der Waals surface area contributed by atoms with Gasteiger partial charge in [-0.2, -0.15) is 0 Å². The van der Waals surface area contributed by atoms with E-state index in [0.717, 1.165) is 24.0 Å². The first-order chi connectivity index (χ1) is 6.77. The van der Waals surface area contributed by atoms with E-state index in [-0.39, 0.29) is 0 Å². The maximum Gasteiger partial charge on any atom is 0.0391 e. The smallest absolute Gasteiger partial charge is 0.0391 e. The van der Waals surface area contributed by atoms with E-state index in [4.69, 9.17) is 0 Å². The van der Waals surface area contributed by atoms with E-state index in [2.05, 4.69) is 12.2 Å². The molecule has 0 saturated heterocycles. The van der Waals surface area contributed by atoms with Gasteiger partial charge >= 0.3 is 0 Å². The Hall–Kier alpha value is 0.110. The van der Waals surface area contributed by atoms with Crippen LogP contribution >= 0.6 is 0 Å². The fraction of sp³-hybridized carbons (Fsp3) is 1.00. The molecule has 0 heterocycles. The molecule has 3 heteroatoms. The molecule has 1 saturated carbocycles. The molecule has 84 valence electrons. The van der Waals surface area contributed by atoms with Gasteiger partial charge < -0.3 is 5.32 Å². The SMILES string of the molecule is CCNC(CS(=O)CC)C1CCCC1. The summed E-state index contributed by atoms with van der Waals surface area (Å²) < 4.78 is 11.5. The molecule has 2 unspecified atom stereocenters. The Kier molecular flexibility index (Phi) is 5.71. The summed E-state index contributed by atoms with van der Waals surface area (Å²) >= 11 is 0. The third-order valence-corrected chi connectivity index (χ3v) is 4.50. The Morgan fingerprint density at radius 2 is 2.00 bits per heavy atom. The highest BCUT2D eigenvalue weighted by atomic mass is 32.2. The molecule has 2 atom stereocenters. The molecular formula is C11H23NOS. The van der Waals surface area contributed by atoms with Gasteiger partial charge in [0.1, 0.15) is 0 Å². The molecule has 0 radical (unpaired) electrons. The lowest BCUT2D eigenvalue weighted by Crippen LogP contribution is -2.39. The van der Waals surface area contributed by atoms with Gasteiger partial charge in [0.05, 0.1) is 0 Å². The largest absolute Gasteiger partial charge is 0.313 e. The predicted octanol–water partition coefficient (Wildman–Crippen LogP) is 1.92. The molecule has 1 aliphatic rings. The second-order valence-electron chi connectivity index (χ2n) is 4.10. The lowest BCUT2D eigenvalue weighted by atomic mass is 10.00. The van der Waals surface area contributed by atoms with Crippen molar-refractivity contribution in [1.29, 1.82) is 0 Å². The van der Waals surface area contributed by atoms with Crippen molar-refractivity contribution >= 4 is 10.8 Å². The van der Waals surface area contributed by atoms with Crippen LogP contribution < -0.4 is 5.32 Å². The average Bonchev–Trinajstić information content (AvgIpc) is 2.69. The van der Waals surface area contributed by atoms with Crippen LogP contribution in [0.3, 0.4) is 0 Å². The normalized spacial score (nSPS) is 22.4. The molecule has 0 aromatic heterocycles. The van der Waals surface area contributed by atoms with Gasteiger partial charge in [0.2, 0.25) is 0 Å². The summed E-state index contributed by atoms with van der Waals surface area (Å²) in [5.74, 6) is 2.44. The van der Waals surface area contributed by atoms with Crippen molar-refractivity contribution in [3.8, 4) is 0 Å². The van der Waals surface area contributed by atoms with Gasteiger partial charge in [0.15, 0.2) is 0 Å². The van der Waals surface area contributed by atoms with Crippen LogP contribution in [0.25, 0.3) is 0 Å². The van der Waals surface area contributed by atoms with Crippen LogP contribution in [0.5, 0.6) is 0 Å². The van der Waals surface area contributed by atoms with E-state index in [0.29, 0.717) is 6.04 Å². The summed E-state index contributed by atoms with van der Waals surface area (Å²) in [4.78, 5) is 0. The highest BCUT2D eigenvalue weighted by Gasteiger charge is 2.25. The van der Waals surface area contributed by atoms with Crippen LogP contribution in [0.2, 0.25) is 0 Å². The van der Waals surface area contributed by atoms with E-state index in [1.54, 1.807) is 0 Å². The van der Waals surface area contributed by atoms with Gasteiger partial charge in [-0.1, -0.05) is 26.7 Å². The minimum absolute atomic E-state index is 0.503. The van der Waals surface area contributed by atoms with Crippen LogP contribution in [0.1, 0.15) is 39.5 Å². The van der Waals surface area contributed by atoms with Gasteiger partial charge in [-0.15, -0.1) is 0 Å². The summed E-state index contributed by atoms with van der Waals surface area (Å²) in [7, 11) is -0.617. The van der Waals surface area contributed by atoms with Crippen LogP contribution in [0.15, 0.2) is 0 Å². The Balaban J connectivity index is 2.40. The highest BCUT2D eigenvalue weighted by Crippen LogP contribution is 2.28. The third-order valence-electron chi connectivity index (χ3n) is 3.12. The Bertz CT molecular complexity index is 178. The van der Waals surface area contributed by atoms with Gasteiger partial charge in [-0.3, -0.25) is 4.21 Å². The summed E-state index contributed by atoms with van der Waals surface area (Å²) in [5, 5.41) is 3.50. The maximum atomic E-state index is 11.5. The van der Waals surface area contributed by atoms with Crippen molar-refractivity contribution in [3.63, 3.8) is 0 Å². The van der Waals surface area contributed by atoms with Crippen LogP contribution in [0, 0.1) is 5.92 Å². The summed E-state index contributed by atoms with van der Waals surface area (Å²) in [6, 6.07) is 0.503. The number of hydrogen-bond acceptors (Lipinski definition) is 2. The van der Waals surface area contributed by atoms with Crippen molar-refractivity contribution in [2.75, 3.05) is 18.1 Å². The standard InChI is InChI=1S/C11H23NOS/c1-3-12-11(9-14(13)4-2)10-7-5-6-8-10/h10-12H,3-9H2,1-2H3. The Morgan fingerprint density at radius 1 is 1.36 bits per heavy atom. The van der Waals surface area contributed by atoms with E-state index < -0.39 is 10.8 Å². The fourth-order valence-electron chi connectivity index (χ4n) is 2.30. The zero-order valence-corrected chi connectivity index (χ0v) is 10.2. The highest BCUT2D eigenvalue weighted by molar-refractivity contribution is 7.84. The van der Waals surface area contributed by atoms with Crippen molar-refractivity contribution in [3.05, 3.63) is 0 Å². The molecular weight excluding hydrogens is 194 g/mol.